The van der Waals surface area contributed by atoms with E-state index in [0.29, 0.717) is 29.7 Å². The molecule has 1 saturated heterocycles. The van der Waals surface area contributed by atoms with Crippen molar-refractivity contribution in [1.82, 2.24) is 4.90 Å². The minimum atomic E-state index is 0.242. The number of rotatable bonds is 3. The first kappa shape index (κ1) is 14.3. The molecule has 1 amide bonds. The van der Waals surface area contributed by atoms with Crippen molar-refractivity contribution in [2.75, 3.05) is 26.8 Å². The summed E-state index contributed by atoms with van der Waals surface area (Å²) in [7, 11) is 1.74. The van der Waals surface area contributed by atoms with Crippen LogP contribution in [0.25, 0.3) is 0 Å². The highest BCUT2D eigenvalue weighted by Gasteiger charge is 2.42. The molecule has 2 aliphatic carbocycles. The van der Waals surface area contributed by atoms with Gasteiger partial charge in [-0.25, -0.2) is 0 Å². The lowest BCUT2D eigenvalue weighted by molar-refractivity contribution is -0.137. The molecule has 0 aromatic carbocycles. The molecule has 3 rings (SSSR count). The van der Waals surface area contributed by atoms with Crippen LogP contribution < -0.4 is 5.73 Å². The zero-order chi connectivity index (χ0) is 14.1. The van der Waals surface area contributed by atoms with Crippen LogP contribution in [0, 0.1) is 23.7 Å². The van der Waals surface area contributed by atoms with Gasteiger partial charge < -0.3 is 15.4 Å². The lowest BCUT2D eigenvalue weighted by Gasteiger charge is -2.44. The van der Waals surface area contributed by atoms with Gasteiger partial charge in [0.05, 0.1) is 6.61 Å². The number of methoxy groups -OCH3 is 1. The van der Waals surface area contributed by atoms with Gasteiger partial charge in [0.1, 0.15) is 0 Å². The minimum absolute atomic E-state index is 0.242. The second-order valence-corrected chi connectivity index (χ2v) is 7.09. The SMILES string of the molecule is COCC1CCN(C(=O)C2CC3CCCC(C2)C3N)C1. The third-order valence-electron chi connectivity index (χ3n) is 5.76. The molecular formula is C16H28N2O2. The molecule has 2 bridgehead atoms. The van der Waals surface area contributed by atoms with Crippen LogP contribution >= 0.6 is 0 Å². The Labute approximate surface area is 122 Å². The van der Waals surface area contributed by atoms with Crippen LogP contribution in [-0.2, 0) is 9.53 Å². The Kier molecular flexibility index (Phi) is 4.32. The summed E-state index contributed by atoms with van der Waals surface area (Å²) in [5.41, 5.74) is 6.32. The number of nitrogens with zero attached hydrogens (tertiary/aromatic N) is 1. The molecular weight excluding hydrogens is 252 g/mol. The largest absolute Gasteiger partial charge is 0.384 e. The van der Waals surface area contributed by atoms with E-state index >= 15 is 0 Å². The number of likely N-dealkylation sites (tertiary alicyclic amines) is 1. The Hall–Kier alpha value is -0.610. The van der Waals surface area contributed by atoms with E-state index in [2.05, 4.69) is 4.90 Å². The van der Waals surface area contributed by atoms with Crippen LogP contribution in [0.2, 0.25) is 0 Å². The first-order chi connectivity index (χ1) is 9.69. The number of hydrogen-bond acceptors (Lipinski definition) is 3. The summed E-state index contributed by atoms with van der Waals surface area (Å²) in [5, 5.41) is 0. The zero-order valence-corrected chi connectivity index (χ0v) is 12.6. The fourth-order valence-electron chi connectivity index (χ4n) is 4.65. The molecule has 114 valence electrons. The van der Waals surface area contributed by atoms with E-state index in [1.54, 1.807) is 7.11 Å². The highest BCUT2D eigenvalue weighted by Crippen LogP contribution is 2.42. The van der Waals surface area contributed by atoms with Crippen LogP contribution in [0.15, 0.2) is 0 Å². The summed E-state index contributed by atoms with van der Waals surface area (Å²) in [6, 6.07) is 0.354. The van der Waals surface area contributed by atoms with E-state index in [0.717, 1.165) is 39.0 Å². The topological polar surface area (TPSA) is 55.6 Å². The monoisotopic (exact) mass is 280 g/mol. The van der Waals surface area contributed by atoms with Gasteiger partial charge in [0.25, 0.3) is 0 Å². The van der Waals surface area contributed by atoms with Gasteiger partial charge in [0, 0.05) is 38.1 Å². The average molecular weight is 280 g/mol. The maximum absolute atomic E-state index is 12.7. The van der Waals surface area contributed by atoms with E-state index in [1.807, 2.05) is 0 Å². The number of amides is 1. The molecule has 3 fully saturated rings. The van der Waals surface area contributed by atoms with Crippen LogP contribution in [-0.4, -0.2) is 43.7 Å². The van der Waals surface area contributed by atoms with Gasteiger partial charge in [0.15, 0.2) is 0 Å². The molecule has 3 unspecified atom stereocenters. The smallest absolute Gasteiger partial charge is 0.225 e. The first-order valence-corrected chi connectivity index (χ1v) is 8.22. The molecule has 20 heavy (non-hydrogen) atoms. The third kappa shape index (κ3) is 2.73. The normalized spacial score (nSPS) is 40.9. The van der Waals surface area contributed by atoms with Crippen molar-refractivity contribution in [3.63, 3.8) is 0 Å². The Morgan fingerprint density at radius 3 is 2.60 bits per heavy atom. The van der Waals surface area contributed by atoms with Gasteiger partial charge in [-0.05, 0) is 43.9 Å². The Morgan fingerprint density at radius 1 is 1.25 bits per heavy atom. The third-order valence-corrected chi connectivity index (χ3v) is 5.76. The number of nitrogens with two attached hydrogens (primary N) is 1. The maximum Gasteiger partial charge on any atom is 0.225 e. The van der Waals surface area contributed by atoms with Gasteiger partial charge in [-0.2, -0.15) is 0 Å². The summed E-state index contributed by atoms with van der Waals surface area (Å²) in [6.07, 6.45) is 6.92. The average Bonchev–Trinajstić information content (AvgIpc) is 2.86. The molecule has 0 spiro atoms. The Balaban J connectivity index is 1.58. The van der Waals surface area contributed by atoms with Crippen molar-refractivity contribution < 1.29 is 9.53 Å². The number of ether oxygens (including phenoxy) is 1. The van der Waals surface area contributed by atoms with Crippen molar-refractivity contribution >= 4 is 5.91 Å². The molecule has 3 atom stereocenters. The van der Waals surface area contributed by atoms with E-state index in [9.17, 15) is 4.79 Å². The Bertz CT molecular complexity index is 346. The molecule has 0 aromatic heterocycles. The molecule has 4 nitrogen and oxygen atoms in total. The van der Waals surface area contributed by atoms with Gasteiger partial charge in [-0.3, -0.25) is 4.79 Å². The summed E-state index contributed by atoms with van der Waals surface area (Å²) < 4.78 is 5.22. The van der Waals surface area contributed by atoms with Crippen LogP contribution in [0.4, 0.5) is 0 Å². The minimum Gasteiger partial charge on any atom is -0.384 e. The van der Waals surface area contributed by atoms with Gasteiger partial charge in [-0.1, -0.05) is 6.42 Å². The fourth-order valence-corrected chi connectivity index (χ4v) is 4.65. The number of carbonyl (C=O) groups is 1. The van der Waals surface area contributed by atoms with Crippen molar-refractivity contribution in [3.05, 3.63) is 0 Å². The summed E-state index contributed by atoms with van der Waals surface area (Å²) in [6.45, 7) is 2.60. The van der Waals surface area contributed by atoms with Crippen LogP contribution in [0.1, 0.15) is 38.5 Å². The molecule has 0 radical (unpaired) electrons. The molecule has 3 aliphatic rings. The van der Waals surface area contributed by atoms with Crippen molar-refractivity contribution in [2.24, 2.45) is 29.4 Å². The van der Waals surface area contributed by atoms with E-state index in [4.69, 9.17) is 10.5 Å². The second-order valence-electron chi connectivity index (χ2n) is 7.09. The zero-order valence-electron chi connectivity index (χ0n) is 12.6. The summed E-state index contributed by atoms with van der Waals surface area (Å²) in [5.74, 6) is 2.36. The quantitative estimate of drug-likeness (QED) is 0.855. The summed E-state index contributed by atoms with van der Waals surface area (Å²) in [4.78, 5) is 14.8. The lowest BCUT2D eigenvalue weighted by atomic mass is 9.65. The first-order valence-electron chi connectivity index (χ1n) is 8.22. The summed E-state index contributed by atoms with van der Waals surface area (Å²) >= 11 is 0. The number of carbonyl (C=O) groups excluding carboxylic acids is 1. The second kappa shape index (κ2) is 6.02. The molecule has 2 saturated carbocycles. The molecule has 1 heterocycles. The van der Waals surface area contributed by atoms with Gasteiger partial charge in [-0.15, -0.1) is 0 Å². The van der Waals surface area contributed by atoms with E-state index in [1.165, 1.54) is 19.3 Å². The maximum atomic E-state index is 12.7. The molecule has 4 heteroatoms. The standard InChI is InChI=1S/C16H28N2O2/c1-20-10-11-5-6-18(9-11)16(19)14-7-12-3-2-4-13(8-14)15(12)17/h11-15H,2-10,17H2,1H3. The van der Waals surface area contributed by atoms with Crippen molar-refractivity contribution in [3.8, 4) is 0 Å². The van der Waals surface area contributed by atoms with E-state index < -0.39 is 0 Å². The van der Waals surface area contributed by atoms with Crippen molar-refractivity contribution in [1.29, 1.82) is 0 Å². The highest BCUT2D eigenvalue weighted by molar-refractivity contribution is 5.79. The van der Waals surface area contributed by atoms with Gasteiger partial charge in [0.2, 0.25) is 5.91 Å². The lowest BCUT2D eigenvalue weighted by Crippen LogP contribution is -2.49. The highest BCUT2D eigenvalue weighted by atomic mass is 16.5. The van der Waals surface area contributed by atoms with Crippen LogP contribution in [0.5, 0.6) is 0 Å². The predicted octanol–water partition coefficient (Wildman–Crippen LogP) is 1.63. The number of fused-ring (bicyclic) bond motifs is 2. The molecule has 1 aliphatic heterocycles. The van der Waals surface area contributed by atoms with E-state index in [-0.39, 0.29) is 5.92 Å². The Morgan fingerprint density at radius 2 is 1.95 bits per heavy atom. The fraction of sp³-hybridized carbons (Fsp3) is 0.938. The number of hydrogen-bond donors (Lipinski definition) is 1. The predicted molar refractivity (Wildman–Crippen MR) is 78.1 cm³/mol. The molecule has 2 N–H and O–H groups in total. The van der Waals surface area contributed by atoms with Gasteiger partial charge >= 0.3 is 0 Å². The van der Waals surface area contributed by atoms with Crippen LogP contribution in [0.3, 0.4) is 0 Å². The van der Waals surface area contributed by atoms with Crippen molar-refractivity contribution in [2.45, 2.75) is 44.6 Å². The molecule has 0 aromatic rings.